The lowest BCUT2D eigenvalue weighted by molar-refractivity contribution is 0.0671. The molecule has 1 fully saturated rings. The standard InChI is InChI=1S/C22H27ClN6O4/c1-30-17-6-4-14(12-16(17)23)25-21-26-20(24)27-22(28-8-10-33-11-9-28)29(21)15-5-7-18(31-2)19(13-15)32-3/h4-7,12-13,21,25H,8-11H2,1-3H3,(H2,24,26). The van der Waals surface area contributed by atoms with E-state index < -0.39 is 6.29 Å². The van der Waals surface area contributed by atoms with Crippen LogP contribution in [0, 0.1) is 0 Å². The molecule has 1 unspecified atom stereocenters. The summed E-state index contributed by atoms with van der Waals surface area (Å²) in [5.41, 5.74) is 7.68. The third-order valence-corrected chi connectivity index (χ3v) is 5.61. The highest BCUT2D eigenvalue weighted by Crippen LogP contribution is 2.34. The molecule has 2 heterocycles. The number of guanidine groups is 2. The van der Waals surface area contributed by atoms with E-state index in [0.717, 1.165) is 11.4 Å². The molecule has 10 nitrogen and oxygen atoms in total. The van der Waals surface area contributed by atoms with E-state index in [2.05, 4.69) is 20.2 Å². The molecule has 0 aromatic heterocycles. The number of hydrogen-bond acceptors (Lipinski definition) is 10. The van der Waals surface area contributed by atoms with E-state index in [0.29, 0.717) is 54.5 Å². The Morgan fingerprint density at radius 3 is 2.36 bits per heavy atom. The number of nitrogens with two attached hydrogens (primary N) is 1. The van der Waals surface area contributed by atoms with E-state index in [1.807, 2.05) is 29.2 Å². The second-order valence-corrected chi connectivity index (χ2v) is 7.68. The van der Waals surface area contributed by atoms with E-state index in [9.17, 15) is 0 Å². The highest BCUT2D eigenvalue weighted by molar-refractivity contribution is 6.32. The summed E-state index contributed by atoms with van der Waals surface area (Å²) in [4.78, 5) is 13.2. The van der Waals surface area contributed by atoms with Crippen molar-refractivity contribution in [3.8, 4) is 17.2 Å². The van der Waals surface area contributed by atoms with Gasteiger partial charge in [0.05, 0.1) is 45.3 Å². The molecule has 0 aliphatic carbocycles. The summed E-state index contributed by atoms with van der Waals surface area (Å²) in [6.45, 7) is 2.55. The number of rotatable bonds is 6. The minimum atomic E-state index is -0.595. The highest BCUT2D eigenvalue weighted by Gasteiger charge is 2.32. The average Bonchev–Trinajstić information content (AvgIpc) is 2.84. The number of benzene rings is 2. The summed E-state index contributed by atoms with van der Waals surface area (Å²) in [5.74, 6) is 2.63. The molecule has 11 heteroatoms. The predicted octanol–water partition coefficient (Wildman–Crippen LogP) is 2.58. The van der Waals surface area contributed by atoms with Crippen molar-refractivity contribution in [2.45, 2.75) is 6.29 Å². The first-order chi connectivity index (χ1) is 16.0. The number of anilines is 2. The van der Waals surface area contributed by atoms with Gasteiger partial charge in [-0.2, -0.15) is 4.99 Å². The molecule has 2 aromatic carbocycles. The van der Waals surface area contributed by atoms with Gasteiger partial charge in [0, 0.05) is 24.8 Å². The molecular weight excluding hydrogens is 448 g/mol. The van der Waals surface area contributed by atoms with E-state index in [-0.39, 0.29) is 5.96 Å². The third kappa shape index (κ3) is 4.86. The number of aliphatic imine (C=N–C) groups is 2. The van der Waals surface area contributed by atoms with Gasteiger partial charge in [-0.1, -0.05) is 11.6 Å². The summed E-state index contributed by atoms with van der Waals surface area (Å²) in [6, 6.07) is 11.1. The van der Waals surface area contributed by atoms with Crippen LogP contribution >= 0.6 is 11.6 Å². The van der Waals surface area contributed by atoms with Crippen LogP contribution in [0.4, 0.5) is 11.4 Å². The number of morpholine rings is 1. The highest BCUT2D eigenvalue weighted by atomic mass is 35.5. The number of methoxy groups -OCH3 is 3. The second kappa shape index (κ2) is 10.1. The molecule has 33 heavy (non-hydrogen) atoms. The molecule has 0 bridgehead atoms. The molecule has 2 aliphatic rings. The maximum absolute atomic E-state index is 6.34. The monoisotopic (exact) mass is 474 g/mol. The molecular formula is C22H27ClN6O4. The molecule has 0 radical (unpaired) electrons. The molecule has 4 rings (SSSR count). The molecule has 0 saturated carbocycles. The van der Waals surface area contributed by atoms with E-state index in [1.165, 1.54) is 0 Å². The normalized spacial score (nSPS) is 18.4. The lowest BCUT2D eigenvalue weighted by Crippen LogP contribution is -2.57. The fourth-order valence-corrected chi connectivity index (χ4v) is 3.96. The summed E-state index contributed by atoms with van der Waals surface area (Å²) >= 11 is 6.34. The van der Waals surface area contributed by atoms with Gasteiger partial charge in [-0.25, -0.2) is 4.99 Å². The number of halogens is 1. The van der Waals surface area contributed by atoms with E-state index in [1.54, 1.807) is 33.5 Å². The summed E-state index contributed by atoms with van der Waals surface area (Å²) < 4.78 is 21.7. The lowest BCUT2D eigenvalue weighted by Gasteiger charge is -2.41. The Morgan fingerprint density at radius 1 is 1.00 bits per heavy atom. The van der Waals surface area contributed by atoms with Gasteiger partial charge >= 0.3 is 0 Å². The van der Waals surface area contributed by atoms with Gasteiger partial charge in [0.15, 0.2) is 11.5 Å². The van der Waals surface area contributed by atoms with Crippen molar-refractivity contribution < 1.29 is 18.9 Å². The fraction of sp³-hybridized carbons (Fsp3) is 0.364. The van der Waals surface area contributed by atoms with Crippen molar-refractivity contribution in [1.82, 2.24) is 4.90 Å². The Labute approximate surface area is 197 Å². The third-order valence-electron chi connectivity index (χ3n) is 5.32. The molecule has 1 saturated heterocycles. The Morgan fingerprint density at radius 2 is 1.70 bits per heavy atom. The summed E-state index contributed by atoms with van der Waals surface area (Å²) in [7, 11) is 4.77. The maximum atomic E-state index is 6.34. The Bertz CT molecular complexity index is 1060. The summed E-state index contributed by atoms with van der Waals surface area (Å²) in [6.07, 6.45) is -0.595. The van der Waals surface area contributed by atoms with Crippen LogP contribution in [0.15, 0.2) is 46.4 Å². The zero-order valence-corrected chi connectivity index (χ0v) is 19.5. The van der Waals surface area contributed by atoms with E-state index in [4.69, 9.17) is 36.3 Å². The predicted molar refractivity (Wildman–Crippen MR) is 129 cm³/mol. The topological polar surface area (TPSA) is 106 Å². The smallest absolute Gasteiger partial charge is 0.222 e. The first-order valence-corrected chi connectivity index (χ1v) is 10.8. The van der Waals surface area contributed by atoms with Crippen molar-refractivity contribution in [3.05, 3.63) is 41.4 Å². The van der Waals surface area contributed by atoms with Crippen LogP contribution in [0.25, 0.3) is 0 Å². The van der Waals surface area contributed by atoms with Crippen molar-refractivity contribution >= 4 is 34.9 Å². The number of ether oxygens (including phenoxy) is 4. The Kier molecular flexibility index (Phi) is 6.95. The lowest BCUT2D eigenvalue weighted by atomic mass is 10.2. The van der Waals surface area contributed by atoms with Crippen molar-refractivity contribution in [2.75, 3.05) is 57.8 Å². The van der Waals surface area contributed by atoms with Crippen LogP contribution in [0.3, 0.4) is 0 Å². The Hall–Kier alpha value is -3.37. The molecule has 2 aromatic rings. The van der Waals surface area contributed by atoms with Crippen LogP contribution < -0.4 is 30.2 Å². The van der Waals surface area contributed by atoms with Crippen molar-refractivity contribution in [2.24, 2.45) is 15.7 Å². The second-order valence-electron chi connectivity index (χ2n) is 7.28. The largest absolute Gasteiger partial charge is 0.495 e. The minimum Gasteiger partial charge on any atom is -0.495 e. The van der Waals surface area contributed by atoms with Crippen LogP contribution in [0.2, 0.25) is 5.02 Å². The zero-order valence-electron chi connectivity index (χ0n) is 18.7. The van der Waals surface area contributed by atoms with E-state index >= 15 is 0 Å². The fourth-order valence-electron chi connectivity index (χ4n) is 3.70. The quantitative estimate of drug-likeness (QED) is 0.658. The van der Waals surface area contributed by atoms with Gasteiger partial charge in [-0.15, -0.1) is 0 Å². The minimum absolute atomic E-state index is 0.172. The number of nitrogens with zero attached hydrogens (tertiary/aromatic N) is 4. The SMILES string of the molecule is COc1ccc(NC2N=C(N)N=C(N3CCOCC3)N2c2ccc(OC)c(OC)c2)cc1Cl. The maximum Gasteiger partial charge on any atom is 0.222 e. The van der Waals surface area contributed by atoms with Crippen LogP contribution in [0.5, 0.6) is 17.2 Å². The number of nitrogens with one attached hydrogen (secondary N) is 1. The van der Waals surface area contributed by atoms with Crippen molar-refractivity contribution in [3.63, 3.8) is 0 Å². The first kappa shape index (κ1) is 22.8. The average molecular weight is 475 g/mol. The first-order valence-electron chi connectivity index (χ1n) is 10.4. The summed E-state index contributed by atoms with van der Waals surface area (Å²) in [5, 5.41) is 3.88. The molecule has 1 atom stereocenters. The molecule has 176 valence electrons. The molecule has 2 aliphatic heterocycles. The molecule has 0 spiro atoms. The Balaban J connectivity index is 1.74. The number of hydrogen-bond donors (Lipinski definition) is 2. The molecule has 0 amide bonds. The van der Waals surface area contributed by atoms with Crippen LogP contribution in [0.1, 0.15) is 0 Å². The van der Waals surface area contributed by atoms with Gasteiger partial charge in [0.2, 0.25) is 18.2 Å². The van der Waals surface area contributed by atoms with Gasteiger partial charge in [-0.05, 0) is 30.3 Å². The van der Waals surface area contributed by atoms with Gasteiger partial charge in [-0.3, -0.25) is 4.90 Å². The van der Waals surface area contributed by atoms with Crippen molar-refractivity contribution in [1.29, 1.82) is 0 Å². The van der Waals surface area contributed by atoms with Crippen LogP contribution in [-0.4, -0.2) is 70.7 Å². The van der Waals surface area contributed by atoms with Crippen LogP contribution in [-0.2, 0) is 4.74 Å². The van der Waals surface area contributed by atoms with Gasteiger partial charge in [0.1, 0.15) is 5.75 Å². The zero-order chi connectivity index (χ0) is 23.4. The van der Waals surface area contributed by atoms with Gasteiger partial charge < -0.3 is 34.9 Å². The van der Waals surface area contributed by atoms with Gasteiger partial charge in [0.25, 0.3) is 0 Å². The molecule has 3 N–H and O–H groups in total.